The zero-order valence-electron chi connectivity index (χ0n) is 10.0. The average Bonchev–Trinajstić information content (AvgIpc) is 2.36. The molecule has 0 saturated carbocycles. The Hall–Kier alpha value is 0.190. The maximum absolute atomic E-state index is 11.8. The van der Waals surface area contributed by atoms with Gasteiger partial charge >= 0.3 is 0 Å². The number of alkyl halides is 1. The Bertz CT molecular complexity index is 401. The van der Waals surface area contributed by atoms with E-state index in [1.54, 1.807) is 18.2 Å². The molecule has 18 heavy (non-hydrogen) atoms. The van der Waals surface area contributed by atoms with Gasteiger partial charge in [0.05, 0.1) is 5.02 Å². The van der Waals surface area contributed by atoms with Gasteiger partial charge in [0.15, 0.2) is 0 Å². The van der Waals surface area contributed by atoms with Crippen LogP contribution in [0.1, 0.15) is 36.0 Å². The van der Waals surface area contributed by atoms with Crippen LogP contribution < -0.4 is 5.32 Å². The van der Waals surface area contributed by atoms with Crippen molar-refractivity contribution in [2.75, 3.05) is 11.0 Å². The van der Waals surface area contributed by atoms with Crippen molar-refractivity contribution in [2.24, 2.45) is 0 Å². The number of amides is 1. The molecule has 0 fully saturated rings. The normalized spacial score (nSPS) is 10.4. The molecule has 1 aromatic carbocycles. The molecule has 0 bridgehead atoms. The van der Waals surface area contributed by atoms with Crippen molar-refractivity contribution < 1.29 is 4.79 Å². The van der Waals surface area contributed by atoms with E-state index >= 15 is 0 Å². The van der Waals surface area contributed by atoms with E-state index in [1.165, 1.54) is 23.7 Å². The van der Waals surface area contributed by atoms with Crippen LogP contribution in [-0.2, 0) is 0 Å². The molecule has 100 valence electrons. The van der Waals surface area contributed by atoms with E-state index in [0.29, 0.717) is 10.6 Å². The summed E-state index contributed by atoms with van der Waals surface area (Å²) in [5.41, 5.74) is 0.607. The van der Waals surface area contributed by atoms with Crippen LogP contribution in [0.4, 0.5) is 0 Å². The van der Waals surface area contributed by atoms with E-state index in [2.05, 4.69) is 43.8 Å². The van der Waals surface area contributed by atoms with Crippen molar-refractivity contribution in [3.63, 3.8) is 0 Å². The molecule has 0 aromatic heterocycles. The molecule has 0 aliphatic rings. The van der Waals surface area contributed by atoms with Crippen LogP contribution in [0.5, 0.6) is 0 Å². The van der Waals surface area contributed by atoms with Crippen molar-refractivity contribution in [1.29, 1.82) is 0 Å². The second kappa shape index (κ2) is 9.15. The number of benzene rings is 1. The summed E-state index contributed by atoms with van der Waals surface area (Å²) in [6.07, 6.45) is 4.71. The summed E-state index contributed by atoms with van der Waals surface area (Å²) in [6.45, 7) is 0.730. The second-order valence-corrected chi connectivity index (χ2v) is 6.33. The minimum Gasteiger partial charge on any atom is -0.352 e. The number of hydrogen-bond donors (Lipinski definition) is 1. The number of carbonyl (C=O) groups excluding carboxylic acids is 1. The lowest BCUT2D eigenvalue weighted by atomic mass is 10.2. The summed E-state index contributed by atoms with van der Waals surface area (Å²) in [4.78, 5) is 11.8. The highest BCUT2D eigenvalue weighted by molar-refractivity contribution is 14.1. The molecule has 5 heteroatoms. The molecule has 1 rings (SSSR count). The van der Waals surface area contributed by atoms with Crippen LogP contribution in [0.3, 0.4) is 0 Å². The van der Waals surface area contributed by atoms with Crippen molar-refractivity contribution in [2.45, 2.75) is 25.7 Å². The molecule has 0 aliphatic heterocycles. The third-order valence-corrected chi connectivity index (χ3v) is 4.52. The molecule has 0 saturated heterocycles. The molecule has 0 atom stereocenters. The lowest BCUT2D eigenvalue weighted by Gasteiger charge is -2.06. The van der Waals surface area contributed by atoms with Gasteiger partial charge in [0, 0.05) is 16.6 Å². The summed E-state index contributed by atoms with van der Waals surface area (Å²) < 4.78 is 2.01. The Labute approximate surface area is 135 Å². The van der Waals surface area contributed by atoms with Crippen molar-refractivity contribution >= 4 is 56.0 Å². The van der Waals surface area contributed by atoms with Crippen LogP contribution in [0.25, 0.3) is 0 Å². The average molecular weight is 445 g/mol. The van der Waals surface area contributed by atoms with Crippen LogP contribution >= 0.6 is 50.1 Å². The molecule has 1 aromatic rings. The quantitative estimate of drug-likeness (QED) is 0.364. The van der Waals surface area contributed by atoms with E-state index in [9.17, 15) is 4.79 Å². The minimum absolute atomic E-state index is 0.0571. The van der Waals surface area contributed by atoms with Gasteiger partial charge in [0.25, 0.3) is 5.91 Å². The summed E-state index contributed by atoms with van der Waals surface area (Å²) >= 11 is 11.6. The first-order valence-electron chi connectivity index (χ1n) is 5.94. The summed E-state index contributed by atoms with van der Waals surface area (Å²) in [5, 5.41) is 3.47. The van der Waals surface area contributed by atoms with Gasteiger partial charge in [-0.15, -0.1) is 0 Å². The van der Waals surface area contributed by atoms with Gasteiger partial charge < -0.3 is 5.32 Å². The number of hydrogen-bond acceptors (Lipinski definition) is 1. The lowest BCUT2D eigenvalue weighted by Crippen LogP contribution is -2.24. The standard InChI is InChI=1S/C13H16BrClINO/c14-11-6-5-10(9-12(11)15)13(18)17-8-4-2-1-3-7-16/h5-6,9H,1-4,7-8H2,(H,17,18). The van der Waals surface area contributed by atoms with E-state index in [-0.39, 0.29) is 5.91 Å². The predicted molar refractivity (Wildman–Crippen MR) is 88.8 cm³/mol. The SMILES string of the molecule is O=C(NCCCCCCI)c1ccc(Br)c(Cl)c1. The zero-order chi connectivity index (χ0) is 13.4. The van der Waals surface area contributed by atoms with Gasteiger partial charge in [-0.1, -0.05) is 47.0 Å². The van der Waals surface area contributed by atoms with Gasteiger partial charge in [-0.3, -0.25) is 4.79 Å². The number of carbonyl (C=O) groups is 1. The third-order valence-electron chi connectivity index (χ3n) is 2.53. The van der Waals surface area contributed by atoms with Crippen molar-refractivity contribution in [3.8, 4) is 0 Å². The maximum Gasteiger partial charge on any atom is 0.251 e. The molecule has 0 unspecified atom stereocenters. The number of unbranched alkanes of at least 4 members (excludes halogenated alkanes) is 3. The summed E-state index contributed by atoms with van der Waals surface area (Å²) in [7, 11) is 0. The Balaban J connectivity index is 2.30. The Kier molecular flexibility index (Phi) is 8.26. The van der Waals surface area contributed by atoms with Gasteiger partial charge in [-0.05, 0) is 51.4 Å². The Morgan fingerprint density at radius 2 is 2.00 bits per heavy atom. The Morgan fingerprint density at radius 1 is 1.28 bits per heavy atom. The van der Waals surface area contributed by atoms with Gasteiger partial charge in [0.1, 0.15) is 0 Å². The first kappa shape index (κ1) is 16.2. The van der Waals surface area contributed by atoms with Crippen LogP contribution in [-0.4, -0.2) is 16.9 Å². The minimum atomic E-state index is -0.0571. The molecule has 0 spiro atoms. The third kappa shape index (κ3) is 5.89. The lowest BCUT2D eigenvalue weighted by molar-refractivity contribution is 0.0953. The molecule has 0 heterocycles. The van der Waals surface area contributed by atoms with Crippen LogP contribution in [0, 0.1) is 0 Å². The zero-order valence-corrected chi connectivity index (χ0v) is 14.5. The monoisotopic (exact) mass is 443 g/mol. The summed E-state index contributed by atoms with van der Waals surface area (Å²) in [6, 6.07) is 5.23. The number of halogens is 3. The maximum atomic E-state index is 11.8. The molecule has 1 N–H and O–H groups in total. The number of nitrogens with one attached hydrogen (secondary N) is 1. The smallest absolute Gasteiger partial charge is 0.251 e. The molecular formula is C13H16BrClINO. The van der Waals surface area contributed by atoms with E-state index in [0.717, 1.165) is 17.4 Å². The van der Waals surface area contributed by atoms with Gasteiger partial charge in [0.2, 0.25) is 0 Å². The topological polar surface area (TPSA) is 29.1 Å². The molecule has 2 nitrogen and oxygen atoms in total. The highest BCUT2D eigenvalue weighted by Gasteiger charge is 2.06. The summed E-state index contributed by atoms with van der Waals surface area (Å²) in [5.74, 6) is -0.0571. The molecule has 0 aliphatic carbocycles. The highest BCUT2D eigenvalue weighted by atomic mass is 127. The molecule has 0 radical (unpaired) electrons. The molecule has 1 amide bonds. The fourth-order valence-electron chi connectivity index (χ4n) is 1.51. The van der Waals surface area contributed by atoms with E-state index in [1.807, 2.05) is 0 Å². The van der Waals surface area contributed by atoms with E-state index in [4.69, 9.17) is 11.6 Å². The van der Waals surface area contributed by atoms with Crippen molar-refractivity contribution in [1.82, 2.24) is 5.32 Å². The fourth-order valence-corrected chi connectivity index (χ4v) is 2.48. The first-order valence-corrected chi connectivity index (χ1v) is 8.64. The molecular weight excluding hydrogens is 428 g/mol. The van der Waals surface area contributed by atoms with Crippen LogP contribution in [0.2, 0.25) is 5.02 Å². The fraction of sp³-hybridized carbons (Fsp3) is 0.462. The van der Waals surface area contributed by atoms with Crippen LogP contribution in [0.15, 0.2) is 22.7 Å². The van der Waals surface area contributed by atoms with Crippen molar-refractivity contribution in [3.05, 3.63) is 33.3 Å². The Morgan fingerprint density at radius 3 is 2.67 bits per heavy atom. The van der Waals surface area contributed by atoms with Gasteiger partial charge in [-0.2, -0.15) is 0 Å². The predicted octanol–water partition coefficient (Wildman–Crippen LogP) is 4.83. The second-order valence-electron chi connectivity index (χ2n) is 3.99. The van der Waals surface area contributed by atoms with E-state index < -0.39 is 0 Å². The largest absolute Gasteiger partial charge is 0.352 e. The van der Waals surface area contributed by atoms with Gasteiger partial charge in [-0.25, -0.2) is 0 Å². The highest BCUT2D eigenvalue weighted by Crippen LogP contribution is 2.23. The number of rotatable bonds is 7. The first-order chi connectivity index (χ1) is 8.65.